The molecule has 0 aliphatic carbocycles. The molecule has 0 bridgehead atoms. The van der Waals surface area contributed by atoms with E-state index in [1.54, 1.807) is 0 Å². The van der Waals surface area contributed by atoms with Gasteiger partial charge in [-0.15, -0.1) is 0 Å². The smallest absolute Gasteiger partial charge is 0.232 e. The summed E-state index contributed by atoms with van der Waals surface area (Å²) in [6.45, 7) is 7.69. The van der Waals surface area contributed by atoms with Crippen molar-refractivity contribution in [3.8, 4) is 0 Å². The van der Waals surface area contributed by atoms with Crippen LogP contribution in [-0.4, -0.2) is 29.9 Å². The molecule has 0 saturated carbocycles. The van der Waals surface area contributed by atoms with E-state index in [0.29, 0.717) is 6.54 Å². The van der Waals surface area contributed by atoms with Crippen molar-refractivity contribution in [3.63, 3.8) is 0 Å². The minimum Gasteiger partial charge on any atom is -0.340 e. The lowest BCUT2D eigenvalue weighted by Gasteiger charge is -2.36. The molecular weight excluding hydrogens is 248 g/mol. The number of nitrogens with zero attached hydrogens (tertiary/aromatic N) is 1. The van der Waals surface area contributed by atoms with E-state index in [9.17, 15) is 4.79 Å². The van der Waals surface area contributed by atoms with Crippen LogP contribution in [0.4, 0.5) is 0 Å². The third-order valence-electron chi connectivity index (χ3n) is 4.36. The molecule has 0 aromatic heterocycles. The number of nitrogens with two attached hydrogens (primary N) is 1. The zero-order valence-electron chi connectivity index (χ0n) is 12.9. The van der Waals surface area contributed by atoms with Crippen LogP contribution < -0.4 is 5.73 Å². The highest BCUT2D eigenvalue weighted by Crippen LogP contribution is 2.27. The van der Waals surface area contributed by atoms with Gasteiger partial charge in [-0.2, -0.15) is 0 Å². The van der Waals surface area contributed by atoms with Gasteiger partial charge in [0.25, 0.3) is 0 Å². The Kier molecular flexibility index (Phi) is 4.48. The van der Waals surface area contributed by atoms with Crippen molar-refractivity contribution in [1.29, 1.82) is 0 Å². The highest BCUT2D eigenvalue weighted by Gasteiger charge is 2.35. The van der Waals surface area contributed by atoms with Crippen LogP contribution in [0.1, 0.15) is 44.7 Å². The van der Waals surface area contributed by atoms with Crippen molar-refractivity contribution in [2.75, 3.05) is 13.1 Å². The van der Waals surface area contributed by atoms with Gasteiger partial charge < -0.3 is 10.6 Å². The molecule has 1 amide bonds. The second-order valence-corrected chi connectivity index (χ2v) is 6.33. The lowest BCUT2D eigenvalue weighted by Crippen LogP contribution is -2.51. The molecule has 2 rings (SSSR count). The molecule has 1 heterocycles. The number of amides is 1. The van der Waals surface area contributed by atoms with Crippen LogP contribution in [0.15, 0.2) is 24.3 Å². The molecule has 1 unspecified atom stereocenters. The van der Waals surface area contributed by atoms with Crippen molar-refractivity contribution in [1.82, 2.24) is 4.90 Å². The van der Waals surface area contributed by atoms with E-state index in [2.05, 4.69) is 31.2 Å². The zero-order valence-corrected chi connectivity index (χ0v) is 12.9. The van der Waals surface area contributed by atoms with Crippen molar-refractivity contribution < 1.29 is 4.79 Å². The highest BCUT2D eigenvalue weighted by molar-refractivity contribution is 5.87. The van der Waals surface area contributed by atoms with Gasteiger partial charge in [0.15, 0.2) is 0 Å². The fourth-order valence-corrected chi connectivity index (χ4v) is 2.87. The van der Waals surface area contributed by atoms with Gasteiger partial charge in [0.05, 0.1) is 5.41 Å². The summed E-state index contributed by atoms with van der Waals surface area (Å²) in [5, 5.41) is 0. The van der Waals surface area contributed by atoms with Gasteiger partial charge in [-0.05, 0) is 44.2 Å². The standard InChI is InChI=1S/C17H26N2O/c1-4-13-7-9-14(10-8-13)17(2,3)16(20)19-11-5-6-15(18)12-19/h7-10,15H,4-6,11-12,18H2,1-3H3. The first-order valence-electron chi connectivity index (χ1n) is 7.59. The minimum atomic E-state index is -0.483. The average Bonchev–Trinajstić information content (AvgIpc) is 2.46. The summed E-state index contributed by atoms with van der Waals surface area (Å²) in [5.74, 6) is 0.192. The van der Waals surface area contributed by atoms with Crippen LogP contribution >= 0.6 is 0 Å². The molecule has 1 aliphatic heterocycles. The predicted molar refractivity (Wildman–Crippen MR) is 82.6 cm³/mol. The number of carbonyl (C=O) groups is 1. The number of hydrogen-bond donors (Lipinski definition) is 1. The first-order chi connectivity index (χ1) is 9.45. The van der Waals surface area contributed by atoms with Crippen LogP contribution in [0.5, 0.6) is 0 Å². The fraction of sp³-hybridized carbons (Fsp3) is 0.588. The normalized spacial score (nSPS) is 20.0. The van der Waals surface area contributed by atoms with Crippen molar-refractivity contribution in [2.45, 2.75) is 51.5 Å². The number of aryl methyl sites for hydroxylation is 1. The second kappa shape index (κ2) is 5.96. The quantitative estimate of drug-likeness (QED) is 0.920. The molecular formula is C17H26N2O. The molecule has 0 spiro atoms. The number of likely N-dealkylation sites (tertiary alicyclic amines) is 1. The van der Waals surface area contributed by atoms with E-state index in [1.807, 2.05) is 18.7 Å². The lowest BCUT2D eigenvalue weighted by atomic mass is 9.82. The van der Waals surface area contributed by atoms with Gasteiger partial charge in [0.1, 0.15) is 0 Å². The maximum atomic E-state index is 12.8. The van der Waals surface area contributed by atoms with Crippen molar-refractivity contribution >= 4 is 5.91 Å². The minimum absolute atomic E-state index is 0.131. The predicted octanol–water partition coefficient (Wildman–Crippen LogP) is 2.48. The maximum Gasteiger partial charge on any atom is 0.232 e. The molecule has 3 nitrogen and oxygen atoms in total. The molecule has 1 aliphatic rings. The summed E-state index contributed by atoms with van der Waals surface area (Å²) >= 11 is 0. The van der Waals surface area contributed by atoms with Crippen LogP contribution in [0.2, 0.25) is 0 Å². The van der Waals surface area contributed by atoms with Gasteiger partial charge in [0, 0.05) is 19.1 Å². The molecule has 110 valence electrons. The molecule has 1 atom stereocenters. The summed E-state index contributed by atoms with van der Waals surface area (Å²) in [5.41, 5.74) is 7.89. The molecule has 3 heteroatoms. The molecule has 1 aromatic carbocycles. The second-order valence-electron chi connectivity index (χ2n) is 6.33. The van der Waals surface area contributed by atoms with Gasteiger partial charge >= 0.3 is 0 Å². The number of rotatable bonds is 3. The number of benzene rings is 1. The summed E-state index contributed by atoms with van der Waals surface area (Å²) in [7, 11) is 0. The van der Waals surface area contributed by atoms with Crippen molar-refractivity contribution in [2.24, 2.45) is 5.73 Å². The number of carbonyl (C=O) groups excluding carboxylic acids is 1. The molecule has 1 aromatic rings. The topological polar surface area (TPSA) is 46.3 Å². The van der Waals surface area contributed by atoms with Gasteiger partial charge in [-0.3, -0.25) is 4.79 Å². The molecule has 2 N–H and O–H groups in total. The first kappa shape index (κ1) is 15.0. The summed E-state index contributed by atoms with van der Waals surface area (Å²) in [6.07, 6.45) is 3.06. The Balaban J connectivity index is 2.17. The Labute approximate surface area is 122 Å². The Morgan fingerprint density at radius 3 is 2.55 bits per heavy atom. The number of piperidine rings is 1. The highest BCUT2D eigenvalue weighted by atomic mass is 16.2. The van der Waals surface area contributed by atoms with Gasteiger partial charge in [-0.1, -0.05) is 31.2 Å². The van der Waals surface area contributed by atoms with Crippen LogP contribution in [-0.2, 0) is 16.6 Å². The summed E-state index contributed by atoms with van der Waals surface area (Å²) < 4.78 is 0. The van der Waals surface area contributed by atoms with E-state index < -0.39 is 5.41 Å². The van der Waals surface area contributed by atoms with E-state index >= 15 is 0 Å². The van der Waals surface area contributed by atoms with Gasteiger partial charge in [-0.25, -0.2) is 0 Å². The fourth-order valence-electron chi connectivity index (χ4n) is 2.87. The van der Waals surface area contributed by atoms with E-state index in [4.69, 9.17) is 5.73 Å². The summed E-state index contributed by atoms with van der Waals surface area (Å²) in [4.78, 5) is 14.7. The SMILES string of the molecule is CCc1ccc(C(C)(C)C(=O)N2CCCC(N)C2)cc1. The van der Waals surface area contributed by atoms with E-state index in [0.717, 1.165) is 31.4 Å². The Morgan fingerprint density at radius 1 is 1.35 bits per heavy atom. The molecule has 1 saturated heterocycles. The van der Waals surface area contributed by atoms with E-state index in [-0.39, 0.29) is 11.9 Å². The lowest BCUT2D eigenvalue weighted by molar-refractivity contribution is -0.137. The zero-order chi connectivity index (χ0) is 14.8. The Morgan fingerprint density at radius 2 is 2.00 bits per heavy atom. The van der Waals surface area contributed by atoms with Crippen molar-refractivity contribution in [3.05, 3.63) is 35.4 Å². The average molecular weight is 274 g/mol. The monoisotopic (exact) mass is 274 g/mol. The van der Waals surface area contributed by atoms with E-state index in [1.165, 1.54) is 5.56 Å². The molecule has 1 fully saturated rings. The largest absolute Gasteiger partial charge is 0.340 e. The molecule has 20 heavy (non-hydrogen) atoms. The Bertz CT molecular complexity index is 464. The molecule has 0 radical (unpaired) electrons. The third-order valence-corrected chi connectivity index (χ3v) is 4.36. The summed E-state index contributed by atoms with van der Waals surface area (Å²) in [6, 6.07) is 8.53. The van der Waals surface area contributed by atoms with Crippen LogP contribution in [0, 0.1) is 0 Å². The first-order valence-corrected chi connectivity index (χ1v) is 7.59. The maximum absolute atomic E-state index is 12.8. The Hall–Kier alpha value is -1.35. The van der Waals surface area contributed by atoms with Gasteiger partial charge in [0.2, 0.25) is 5.91 Å². The van der Waals surface area contributed by atoms with Crippen LogP contribution in [0.3, 0.4) is 0 Å². The van der Waals surface area contributed by atoms with Crippen LogP contribution in [0.25, 0.3) is 0 Å². The third kappa shape index (κ3) is 3.04. The number of hydrogen-bond acceptors (Lipinski definition) is 2.